The number of nitrogens with two attached hydrogens (primary N) is 1. The molecule has 14 heavy (non-hydrogen) atoms. The lowest BCUT2D eigenvalue weighted by Crippen LogP contribution is -2.22. The van der Waals surface area contributed by atoms with Crippen molar-refractivity contribution >= 4 is 23.2 Å². The summed E-state index contributed by atoms with van der Waals surface area (Å²) in [5.41, 5.74) is 6.98. The maximum atomic E-state index is 6.03. The Balaban J connectivity index is 2.70. The van der Waals surface area contributed by atoms with Gasteiger partial charge in [-0.25, -0.2) is 0 Å². The molecule has 1 aromatic carbocycles. The predicted octanol–water partition coefficient (Wildman–Crippen LogP) is 3.66. The molecular formula is C11H15Cl2N. The van der Waals surface area contributed by atoms with Gasteiger partial charge >= 0.3 is 0 Å². The van der Waals surface area contributed by atoms with Gasteiger partial charge in [-0.15, -0.1) is 0 Å². The van der Waals surface area contributed by atoms with E-state index in [4.69, 9.17) is 28.9 Å². The molecule has 0 fully saturated rings. The Kier molecular flexibility index (Phi) is 4.73. The van der Waals surface area contributed by atoms with Crippen LogP contribution >= 0.6 is 23.2 Å². The Morgan fingerprint density at radius 2 is 2.07 bits per heavy atom. The van der Waals surface area contributed by atoms with Gasteiger partial charge in [0, 0.05) is 16.1 Å². The highest BCUT2D eigenvalue weighted by Crippen LogP contribution is 2.22. The summed E-state index contributed by atoms with van der Waals surface area (Å²) in [7, 11) is 0. The highest BCUT2D eigenvalue weighted by atomic mass is 35.5. The summed E-state index contributed by atoms with van der Waals surface area (Å²) >= 11 is 11.9. The molecule has 2 N–H and O–H groups in total. The molecule has 1 rings (SSSR count). The normalized spacial score (nSPS) is 12.9. The van der Waals surface area contributed by atoms with Gasteiger partial charge in [-0.3, -0.25) is 0 Å². The zero-order valence-corrected chi connectivity index (χ0v) is 9.78. The maximum absolute atomic E-state index is 6.03. The maximum Gasteiger partial charge on any atom is 0.0439 e. The zero-order valence-electron chi connectivity index (χ0n) is 8.26. The Morgan fingerprint density at radius 3 is 2.71 bits per heavy atom. The third-order valence-corrected chi connectivity index (χ3v) is 2.75. The number of hydrogen-bond donors (Lipinski definition) is 1. The van der Waals surface area contributed by atoms with Gasteiger partial charge < -0.3 is 5.73 Å². The fraction of sp³-hybridized carbons (Fsp3) is 0.455. The lowest BCUT2D eigenvalue weighted by atomic mass is 10.0. The van der Waals surface area contributed by atoms with E-state index >= 15 is 0 Å². The van der Waals surface area contributed by atoms with E-state index in [9.17, 15) is 0 Å². The van der Waals surface area contributed by atoms with E-state index in [2.05, 4.69) is 6.92 Å². The second kappa shape index (κ2) is 5.59. The van der Waals surface area contributed by atoms with Crippen molar-refractivity contribution in [2.75, 3.05) is 0 Å². The van der Waals surface area contributed by atoms with Crippen molar-refractivity contribution in [3.8, 4) is 0 Å². The van der Waals surface area contributed by atoms with Crippen molar-refractivity contribution in [3.05, 3.63) is 33.8 Å². The Labute approximate surface area is 95.2 Å². The van der Waals surface area contributed by atoms with Gasteiger partial charge in [-0.1, -0.05) is 36.5 Å². The molecular weight excluding hydrogens is 217 g/mol. The lowest BCUT2D eigenvalue weighted by Gasteiger charge is -2.11. The van der Waals surface area contributed by atoms with Gasteiger partial charge in [0.25, 0.3) is 0 Å². The van der Waals surface area contributed by atoms with E-state index in [0.717, 1.165) is 29.8 Å². The second-order valence-corrected chi connectivity index (χ2v) is 4.33. The van der Waals surface area contributed by atoms with Gasteiger partial charge in [-0.05, 0) is 36.6 Å². The van der Waals surface area contributed by atoms with Crippen LogP contribution in [0.5, 0.6) is 0 Å². The molecule has 0 bridgehead atoms. The highest BCUT2D eigenvalue weighted by molar-refractivity contribution is 6.33. The first-order valence-corrected chi connectivity index (χ1v) is 5.58. The first-order chi connectivity index (χ1) is 6.63. The number of rotatable bonds is 4. The minimum atomic E-state index is 0.177. The third-order valence-electron chi connectivity index (χ3n) is 2.15. The minimum absolute atomic E-state index is 0.177. The van der Waals surface area contributed by atoms with E-state index in [-0.39, 0.29) is 6.04 Å². The summed E-state index contributed by atoms with van der Waals surface area (Å²) in [6.07, 6.45) is 2.91. The van der Waals surface area contributed by atoms with Crippen LogP contribution in [0.25, 0.3) is 0 Å². The highest BCUT2D eigenvalue weighted by Gasteiger charge is 2.06. The zero-order chi connectivity index (χ0) is 10.6. The van der Waals surface area contributed by atoms with E-state index in [1.165, 1.54) is 0 Å². The van der Waals surface area contributed by atoms with Crippen LogP contribution in [-0.4, -0.2) is 6.04 Å². The van der Waals surface area contributed by atoms with Crippen molar-refractivity contribution in [2.45, 2.75) is 32.2 Å². The molecule has 0 aliphatic rings. The number of halogens is 2. The van der Waals surface area contributed by atoms with Gasteiger partial charge in [0.1, 0.15) is 0 Å². The molecule has 3 heteroatoms. The monoisotopic (exact) mass is 231 g/mol. The van der Waals surface area contributed by atoms with Gasteiger partial charge in [0.05, 0.1) is 0 Å². The van der Waals surface area contributed by atoms with Crippen LogP contribution in [0.2, 0.25) is 10.0 Å². The van der Waals surface area contributed by atoms with Gasteiger partial charge in [0.2, 0.25) is 0 Å². The average molecular weight is 232 g/mol. The molecule has 0 aromatic heterocycles. The van der Waals surface area contributed by atoms with Crippen molar-refractivity contribution in [2.24, 2.45) is 5.73 Å². The van der Waals surface area contributed by atoms with Crippen LogP contribution in [0.3, 0.4) is 0 Å². The molecule has 0 aliphatic carbocycles. The molecule has 1 nitrogen and oxygen atoms in total. The van der Waals surface area contributed by atoms with Crippen LogP contribution in [0, 0.1) is 0 Å². The molecule has 0 radical (unpaired) electrons. The van der Waals surface area contributed by atoms with Crippen LogP contribution in [0.15, 0.2) is 18.2 Å². The smallest absolute Gasteiger partial charge is 0.0439 e. The lowest BCUT2D eigenvalue weighted by molar-refractivity contribution is 0.600. The second-order valence-electron chi connectivity index (χ2n) is 3.49. The predicted molar refractivity (Wildman–Crippen MR) is 63.0 cm³/mol. The fourth-order valence-electron chi connectivity index (χ4n) is 1.46. The molecule has 1 aromatic rings. The van der Waals surface area contributed by atoms with Crippen molar-refractivity contribution < 1.29 is 0 Å². The molecule has 0 saturated heterocycles. The van der Waals surface area contributed by atoms with Gasteiger partial charge in [0.15, 0.2) is 0 Å². The van der Waals surface area contributed by atoms with Crippen molar-refractivity contribution in [3.63, 3.8) is 0 Å². The molecule has 0 aliphatic heterocycles. The molecule has 0 saturated carbocycles. The molecule has 0 amide bonds. The summed E-state index contributed by atoms with van der Waals surface area (Å²) in [6.45, 7) is 2.12. The summed E-state index contributed by atoms with van der Waals surface area (Å²) < 4.78 is 0. The van der Waals surface area contributed by atoms with Crippen molar-refractivity contribution in [1.82, 2.24) is 0 Å². The van der Waals surface area contributed by atoms with Crippen LogP contribution in [0.1, 0.15) is 25.3 Å². The van der Waals surface area contributed by atoms with Crippen LogP contribution < -0.4 is 5.73 Å². The van der Waals surface area contributed by atoms with Crippen molar-refractivity contribution in [1.29, 1.82) is 0 Å². The van der Waals surface area contributed by atoms with E-state index in [1.54, 1.807) is 6.07 Å². The minimum Gasteiger partial charge on any atom is -0.327 e. The summed E-state index contributed by atoms with van der Waals surface area (Å²) in [5, 5.41) is 1.47. The topological polar surface area (TPSA) is 26.0 Å². The van der Waals surface area contributed by atoms with E-state index < -0.39 is 0 Å². The Bertz CT molecular complexity index is 299. The van der Waals surface area contributed by atoms with Crippen LogP contribution in [0.4, 0.5) is 0 Å². The molecule has 0 heterocycles. The summed E-state index contributed by atoms with van der Waals surface area (Å²) in [4.78, 5) is 0. The largest absolute Gasteiger partial charge is 0.327 e. The molecule has 78 valence electrons. The standard InChI is InChI=1S/C11H15Cl2N/c1-2-3-10(14)7-8-6-9(12)4-5-11(8)13/h4-6,10H,2-3,7,14H2,1H3. The van der Waals surface area contributed by atoms with Crippen LogP contribution in [-0.2, 0) is 6.42 Å². The van der Waals surface area contributed by atoms with E-state index in [1.807, 2.05) is 12.1 Å². The Morgan fingerprint density at radius 1 is 1.36 bits per heavy atom. The fourth-order valence-corrected chi connectivity index (χ4v) is 1.84. The Hall–Kier alpha value is -0.240. The molecule has 1 unspecified atom stereocenters. The average Bonchev–Trinajstić information content (AvgIpc) is 2.12. The summed E-state index contributed by atoms with van der Waals surface area (Å²) in [6, 6.07) is 5.67. The molecule has 1 atom stereocenters. The SMILES string of the molecule is CCCC(N)Cc1cc(Cl)ccc1Cl. The van der Waals surface area contributed by atoms with Gasteiger partial charge in [-0.2, -0.15) is 0 Å². The third kappa shape index (κ3) is 3.49. The number of benzene rings is 1. The molecule has 0 spiro atoms. The summed E-state index contributed by atoms with van der Waals surface area (Å²) in [5.74, 6) is 0. The first-order valence-electron chi connectivity index (χ1n) is 4.83. The quantitative estimate of drug-likeness (QED) is 0.842. The number of hydrogen-bond acceptors (Lipinski definition) is 1. The van der Waals surface area contributed by atoms with E-state index in [0.29, 0.717) is 5.02 Å². The first kappa shape index (κ1) is 11.8.